The van der Waals surface area contributed by atoms with Gasteiger partial charge in [-0.2, -0.15) is 0 Å². The first-order chi connectivity index (χ1) is 8.61. The van der Waals surface area contributed by atoms with Crippen LogP contribution in [0.25, 0.3) is 0 Å². The number of Topliss-reactive ketones (excluding diaryl/α,β-unsaturated/α-hetero) is 1. The van der Waals surface area contributed by atoms with Crippen LogP contribution in [0.1, 0.15) is 49.4 Å². The molecular weight excluding hydrogens is 312 g/mol. The molecule has 0 radical (unpaired) electrons. The summed E-state index contributed by atoms with van der Waals surface area (Å²) in [5.41, 5.74) is 0.779. The van der Waals surface area contributed by atoms with Gasteiger partial charge < -0.3 is 0 Å². The summed E-state index contributed by atoms with van der Waals surface area (Å²) >= 11 is 9.35. The Bertz CT molecular complexity index is 444. The molecule has 2 atom stereocenters. The average Bonchev–Trinajstić information content (AvgIpc) is 2.38. The van der Waals surface area contributed by atoms with Crippen molar-refractivity contribution in [2.24, 2.45) is 11.8 Å². The fourth-order valence-electron chi connectivity index (χ4n) is 2.81. The Morgan fingerprint density at radius 1 is 1.44 bits per heavy atom. The van der Waals surface area contributed by atoms with Gasteiger partial charge in [0.2, 0.25) is 0 Å². The molecule has 1 aliphatic rings. The van der Waals surface area contributed by atoms with Crippen LogP contribution in [-0.2, 0) is 0 Å². The Balaban J connectivity index is 2.15. The summed E-state index contributed by atoms with van der Waals surface area (Å²) in [4.78, 5) is 12.5. The number of hydrogen-bond donors (Lipinski definition) is 0. The van der Waals surface area contributed by atoms with Crippen molar-refractivity contribution in [2.75, 3.05) is 0 Å². The van der Waals surface area contributed by atoms with Gasteiger partial charge in [0, 0.05) is 21.0 Å². The average molecular weight is 330 g/mol. The summed E-state index contributed by atoms with van der Waals surface area (Å²) in [6, 6.07) is 5.43. The second-order valence-corrected chi connectivity index (χ2v) is 6.42. The zero-order valence-electron chi connectivity index (χ0n) is 10.6. The summed E-state index contributed by atoms with van der Waals surface area (Å²) in [7, 11) is 0. The van der Waals surface area contributed by atoms with E-state index in [1.807, 2.05) is 6.07 Å². The van der Waals surface area contributed by atoms with E-state index in [1.165, 1.54) is 19.3 Å². The number of hydrogen-bond acceptors (Lipinski definition) is 1. The molecule has 1 saturated carbocycles. The molecule has 1 aromatic carbocycles. The van der Waals surface area contributed by atoms with Gasteiger partial charge in [0.05, 0.1) is 0 Å². The lowest BCUT2D eigenvalue weighted by molar-refractivity contribution is 0.0861. The smallest absolute Gasteiger partial charge is 0.167 e. The van der Waals surface area contributed by atoms with E-state index in [0.29, 0.717) is 5.02 Å². The fourth-order valence-corrected chi connectivity index (χ4v) is 3.69. The van der Waals surface area contributed by atoms with Crippen molar-refractivity contribution in [3.63, 3.8) is 0 Å². The second kappa shape index (κ2) is 6.21. The first kappa shape index (κ1) is 14.1. The van der Waals surface area contributed by atoms with E-state index in [1.54, 1.807) is 12.1 Å². The summed E-state index contributed by atoms with van der Waals surface area (Å²) in [5.74, 6) is 1.19. The van der Waals surface area contributed by atoms with Crippen LogP contribution < -0.4 is 0 Å². The lowest BCUT2D eigenvalue weighted by atomic mass is 9.77. The van der Waals surface area contributed by atoms with Crippen LogP contribution in [0.2, 0.25) is 5.02 Å². The minimum absolute atomic E-state index is 0.196. The van der Waals surface area contributed by atoms with Crippen molar-refractivity contribution in [3.05, 3.63) is 33.3 Å². The Labute approximate surface area is 122 Å². The Kier molecular flexibility index (Phi) is 4.85. The molecule has 0 aromatic heterocycles. The number of benzene rings is 1. The number of carbonyl (C=O) groups is 1. The quantitative estimate of drug-likeness (QED) is 0.669. The summed E-state index contributed by atoms with van der Waals surface area (Å²) in [6.45, 7) is 2.22. The third-order valence-electron chi connectivity index (χ3n) is 3.93. The predicted molar refractivity (Wildman–Crippen MR) is 79.2 cm³/mol. The molecular formula is C15H18BrClO. The highest BCUT2D eigenvalue weighted by Gasteiger charge is 2.27. The van der Waals surface area contributed by atoms with Crippen LogP contribution in [0.15, 0.2) is 22.7 Å². The van der Waals surface area contributed by atoms with E-state index in [-0.39, 0.29) is 11.7 Å². The van der Waals surface area contributed by atoms with Crippen LogP contribution in [0.4, 0.5) is 0 Å². The molecule has 2 unspecified atom stereocenters. The minimum Gasteiger partial charge on any atom is -0.294 e. The van der Waals surface area contributed by atoms with Gasteiger partial charge in [0.15, 0.2) is 5.78 Å². The molecule has 98 valence electrons. The van der Waals surface area contributed by atoms with Gasteiger partial charge in [-0.1, -0.05) is 37.8 Å². The van der Waals surface area contributed by atoms with Gasteiger partial charge in [-0.15, -0.1) is 0 Å². The molecule has 1 aromatic rings. The predicted octanol–water partition coefficient (Wildman–Crippen LogP) is 5.50. The zero-order chi connectivity index (χ0) is 13.1. The Hall–Kier alpha value is -0.340. The lowest BCUT2D eigenvalue weighted by Gasteiger charge is -2.27. The van der Waals surface area contributed by atoms with Gasteiger partial charge in [-0.3, -0.25) is 4.79 Å². The minimum atomic E-state index is 0.196. The molecule has 0 N–H and O–H groups in total. The fraction of sp³-hybridized carbons (Fsp3) is 0.533. The third-order valence-corrected chi connectivity index (χ3v) is 4.82. The molecule has 0 spiro atoms. The molecule has 1 aliphatic carbocycles. The van der Waals surface area contributed by atoms with Crippen LogP contribution >= 0.6 is 27.5 Å². The molecule has 2 rings (SSSR count). The van der Waals surface area contributed by atoms with Gasteiger partial charge in [0.25, 0.3) is 0 Å². The van der Waals surface area contributed by atoms with Crippen molar-refractivity contribution in [3.8, 4) is 0 Å². The first-order valence-electron chi connectivity index (χ1n) is 6.61. The van der Waals surface area contributed by atoms with Crippen LogP contribution in [0.3, 0.4) is 0 Å². The van der Waals surface area contributed by atoms with Crippen molar-refractivity contribution < 1.29 is 4.79 Å². The van der Waals surface area contributed by atoms with E-state index < -0.39 is 0 Å². The molecule has 3 heteroatoms. The molecule has 1 fully saturated rings. The highest BCUT2D eigenvalue weighted by Crippen LogP contribution is 2.34. The lowest BCUT2D eigenvalue weighted by Crippen LogP contribution is -2.23. The molecule has 1 nitrogen and oxygen atoms in total. The summed E-state index contributed by atoms with van der Waals surface area (Å²) in [6.07, 6.45) is 5.72. The van der Waals surface area contributed by atoms with Crippen LogP contribution in [0, 0.1) is 11.8 Å². The van der Waals surface area contributed by atoms with E-state index in [2.05, 4.69) is 22.9 Å². The van der Waals surface area contributed by atoms with Gasteiger partial charge in [-0.25, -0.2) is 0 Å². The highest BCUT2D eigenvalue weighted by molar-refractivity contribution is 9.10. The molecule has 0 bridgehead atoms. The van der Waals surface area contributed by atoms with Gasteiger partial charge >= 0.3 is 0 Å². The molecule has 0 aliphatic heterocycles. The van der Waals surface area contributed by atoms with Crippen molar-refractivity contribution in [2.45, 2.75) is 39.0 Å². The van der Waals surface area contributed by atoms with E-state index in [9.17, 15) is 4.79 Å². The Morgan fingerprint density at radius 3 is 2.89 bits per heavy atom. The SMILES string of the molecule is CCC1CCCC(C(=O)c2ccc(Cl)cc2Br)C1. The molecule has 0 saturated heterocycles. The van der Waals surface area contributed by atoms with E-state index in [0.717, 1.165) is 28.8 Å². The number of rotatable bonds is 3. The number of halogens is 2. The van der Waals surface area contributed by atoms with E-state index >= 15 is 0 Å². The van der Waals surface area contributed by atoms with Crippen LogP contribution in [-0.4, -0.2) is 5.78 Å². The second-order valence-electron chi connectivity index (χ2n) is 5.13. The van der Waals surface area contributed by atoms with Gasteiger partial charge in [-0.05, 0) is 52.9 Å². The van der Waals surface area contributed by atoms with Gasteiger partial charge in [0.1, 0.15) is 0 Å². The maximum absolute atomic E-state index is 12.5. The van der Waals surface area contributed by atoms with Crippen molar-refractivity contribution in [1.82, 2.24) is 0 Å². The summed E-state index contributed by atoms with van der Waals surface area (Å²) < 4.78 is 0.818. The largest absolute Gasteiger partial charge is 0.294 e. The number of ketones is 1. The summed E-state index contributed by atoms with van der Waals surface area (Å²) in [5, 5.41) is 0.661. The van der Waals surface area contributed by atoms with Crippen molar-refractivity contribution >= 4 is 33.3 Å². The normalized spacial score (nSPS) is 23.9. The molecule has 18 heavy (non-hydrogen) atoms. The monoisotopic (exact) mass is 328 g/mol. The van der Waals surface area contributed by atoms with E-state index in [4.69, 9.17) is 11.6 Å². The highest BCUT2D eigenvalue weighted by atomic mass is 79.9. The Morgan fingerprint density at radius 2 is 2.22 bits per heavy atom. The van der Waals surface area contributed by atoms with Crippen molar-refractivity contribution in [1.29, 1.82) is 0 Å². The molecule has 0 heterocycles. The first-order valence-corrected chi connectivity index (χ1v) is 7.78. The maximum Gasteiger partial charge on any atom is 0.167 e. The van der Waals surface area contributed by atoms with Crippen LogP contribution in [0.5, 0.6) is 0 Å². The standard InChI is InChI=1S/C15H18BrClO/c1-2-10-4-3-5-11(8-10)15(18)13-7-6-12(17)9-14(13)16/h6-7,9-11H,2-5,8H2,1H3. The molecule has 0 amide bonds. The zero-order valence-corrected chi connectivity index (χ0v) is 12.9. The maximum atomic E-state index is 12.5. The third kappa shape index (κ3) is 3.16. The number of carbonyl (C=O) groups excluding carboxylic acids is 1. The topological polar surface area (TPSA) is 17.1 Å².